The molecule has 0 radical (unpaired) electrons. The summed E-state index contributed by atoms with van der Waals surface area (Å²) in [5.41, 5.74) is 0. The monoisotopic (exact) mass is 254 g/mol. The van der Waals surface area contributed by atoms with Crippen molar-refractivity contribution in [2.45, 2.75) is 20.4 Å². The van der Waals surface area contributed by atoms with E-state index in [0.29, 0.717) is 19.0 Å². The summed E-state index contributed by atoms with van der Waals surface area (Å²) in [7, 11) is 1.71. The Kier molecular flexibility index (Phi) is 5.64. The van der Waals surface area contributed by atoms with Crippen LogP contribution in [0.25, 0.3) is 0 Å². The average Bonchev–Trinajstić information content (AvgIpc) is 2.81. The summed E-state index contributed by atoms with van der Waals surface area (Å²) < 4.78 is 0. The number of nitrogens with one attached hydrogen (secondary N) is 2. The zero-order valence-electron chi connectivity index (χ0n) is 11.2. The summed E-state index contributed by atoms with van der Waals surface area (Å²) in [6.45, 7) is 5.05. The predicted molar refractivity (Wildman–Crippen MR) is 68.9 cm³/mol. The summed E-state index contributed by atoms with van der Waals surface area (Å²) >= 11 is 0. The summed E-state index contributed by atoms with van der Waals surface area (Å²) in [6, 6.07) is -0.162. The minimum Gasteiger partial charge on any atom is -0.396 e. The number of carbonyl (C=O) groups is 1. The minimum atomic E-state index is -0.162. The fourth-order valence-electron chi connectivity index (χ4n) is 1.55. The third-order valence-electron chi connectivity index (χ3n) is 2.98. The van der Waals surface area contributed by atoms with Crippen LogP contribution in [0.4, 0.5) is 4.79 Å². The van der Waals surface area contributed by atoms with Crippen LogP contribution in [0.3, 0.4) is 0 Å². The van der Waals surface area contributed by atoms with Crippen molar-refractivity contribution < 1.29 is 9.90 Å². The summed E-state index contributed by atoms with van der Waals surface area (Å²) in [6.07, 6.45) is 3.38. The van der Waals surface area contributed by atoms with Gasteiger partial charge < -0.3 is 20.3 Å². The molecule has 0 spiro atoms. The molecule has 102 valence electrons. The van der Waals surface area contributed by atoms with Gasteiger partial charge in [-0.3, -0.25) is 0 Å². The molecule has 0 fully saturated rings. The number of aromatic amines is 1. The van der Waals surface area contributed by atoms with Crippen molar-refractivity contribution in [3.05, 3.63) is 18.2 Å². The zero-order chi connectivity index (χ0) is 13.5. The molecule has 0 saturated carbocycles. The molecule has 0 aliphatic heterocycles. The van der Waals surface area contributed by atoms with E-state index in [4.69, 9.17) is 0 Å². The maximum Gasteiger partial charge on any atom is 0.317 e. The van der Waals surface area contributed by atoms with Crippen LogP contribution in [0.2, 0.25) is 0 Å². The number of aliphatic hydroxyl groups is 1. The fourth-order valence-corrected chi connectivity index (χ4v) is 1.55. The predicted octanol–water partition coefficient (Wildman–Crippen LogP) is 0.816. The largest absolute Gasteiger partial charge is 0.396 e. The first-order chi connectivity index (χ1) is 8.54. The number of hydrogen-bond donors (Lipinski definition) is 3. The Morgan fingerprint density at radius 1 is 1.61 bits per heavy atom. The second-order valence-corrected chi connectivity index (χ2v) is 4.76. The number of rotatable bonds is 6. The van der Waals surface area contributed by atoms with Gasteiger partial charge in [0.05, 0.1) is 6.54 Å². The highest BCUT2D eigenvalue weighted by atomic mass is 16.3. The van der Waals surface area contributed by atoms with E-state index in [2.05, 4.69) is 15.3 Å². The zero-order valence-corrected chi connectivity index (χ0v) is 11.2. The first kappa shape index (κ1) is 14.5. The van der Waals surface area contributed by atoms with Crippen LogP contribution in [0, 0.1) is 11.8 Å². The second-order valence-electron chi connectivity index (χ2n) is 4.76. The van der Waals surface area contributed by atoms with Gasteiger partial charge in [-0.15, -0.1) is 0 Å². The summed E-state index contributed by atoms with van der Waals surface area (Å²) in [4.78, 5) is 20.4. The van der Waals surface area contributed by atoms with E-state index < -0.39 is 0 Å². The summed E-state index contributed by atoms with van der Waals surface area (Å²) in [5.74, 6) is 1.17. The number of carbonyl (C=O) groups excluding carboxylic acids is 1. The van der Waals surface area contributed by atoms with Gasteiger partial charge in [-0.1, -0.05) is 13.8 Å². The van der Waals surface area contributed by atoms with E-state index in [1.54, 1.807) is 24.3 Å². The molecule has 6 heteroatoms. The van der Waals surface area contributed by atoms with Crippen molar-refractivity contribution in [1.82, 2.24) is 20.2 Å². The molecule has 1 unspecified atom stereocenters. The van der Waals surface area contributed by atoms with E-state index in [9.17, 15) is 9.90 Å². The molecule has 6 nitrogen and oxygen atoms in total. The van der Waals surface area contributed by atoms with Crippen LogP contribution in [0.15, 0.2) is 12.4 Å². The molecule has 0 saturated heterocycles. The maximum absolute atomic E-state index is 11.8. The number of amides is 2. The lowest BCUT2D eigenvalue weighted by molar-refractivity contribution is 0.175. The number of aromatic nitrogens is 2. The molecule has 18 heavy (non-hydrogen) atoms. The van der Waals surface area contributed by atoms with E-state index in [1.165, 1.54) is 0 Å². The third kappa shape index (κ3) is 4.37. The van der Waals surface area contributed by atoms with Crippen molar-refractivity contribution >= 4 is 6.03 Å². The van der Waals surface area contributed by atoms with Gasteiger partial charge in [0.1, 0.15) is 5.82 Å². The van der Waals surface area contributed by atoms with Crippen molar-refractivity contribution in [3.8, 4) is 0 Å². The van der Waals surface area contributed by atoms with Crippen molar-refractivity contribution in [1.29, 1.82) is 0 Å². The van der Waals surface area contributed by atoms with E-state index in [1.807, 2.05) is 13.8 Å². The van der Waals surface area contributed by atoms with Gasteiger partial charge in [-0.05, 0) is 5.92 Å². The SMILES string of the molecule is CC(C)C(CO)CNC(=O)N(C)Cc1ncc[nH]1. The van der Waals surface area contributed by atoms with Crippen LogP contribution in [0.5, 0.6) is 0 Å². The number of imidazole rings is 1. The Morgan fingerprint density at radius 3 is 2.83 bits per heavy atom. The first-order valence-corrected chi connectivity index (χ1v) is 6.12. The standard InChI is InChI=1S/C12H22N4O2/c1-9(2)10(8-17)6-15-12(18)16(3)7-11-13-4-5-14-11/h4-5,9-10,17H,6-8H2,1-3H3,(H,13,14)(H,15,18). The van der Waals surface area contributed by atoms with Gasteiger partial charge >= 0.3 is 6.03 Å². The molecule has 0 bridgehead atoms. The lowest BCUT2D eigenvalue weighted by atomic mass is 9.97. The quantitative estimate of drug-likeness (QED) is 0.703. The van der Waals surface area contributed by atoms with Gasteiger partial charge in [-0.25, -0.2) is 9.78 Å². The molecule has 0 aromatic carbocycles. The van der Waals surface area contributed by atoms with E-state index in [-0.39, 0.29) is 18.6 Å². The van der Waals surface area contributed by atoms with E-state index >= 15 is 0 Å². The Labute approximate surface area is 107 Å². The molecule has 0 aliphatic carbocycles. The van der Waals surface area contributed by atoms with Crippen LogP contribution in [-0.2, 0) is 6.54 Å². The Morgan fingerprint density at radius 2 is 2.33 bits per heavy atom. The normalized spacial score (nSPS) is 12.5. The minimum absolute atomic E-state index is 0.0832. The number of urea groups is 1. The first-order valence-electron chi connectivity index (χ1n) is 6.12. The van der Waals surface area contributed by atoms with Gasteiger partial charge in [0.15, 0.2) is 0 Å². The topological polar surface area (TPSA) is 81.2 Å². The molecule has 0 aliphatic rings. The highest BCUT2D eigenvalue weighted by molar-refractivity contribution is 5.73. The molecular formula is C12H22N4O2. The van der Waals surface area contributed by atoms with Crippen LogP contribution in [-0.4, -0.2) is 46.2 Å². The van der Waals surface area contributed by atoms with Crippen molar-refractivity contribution in [2.75, 3.05) is 20.2 Å². The highest BCUT2D eigenvalue weighted by Crippen LogP contribution is 2.08. The smallest absolute Gasteiger partial charge is 0.317 e. The Hall–Kier alpha value is -1.56. The molecule has 1 aromatic heterocycles. The van der Waals surface area contributed by atoms with Gasteiger partial charge in [0, 0.05) is 38.5 Å². The van der Waals surface area contributed by atoms with Crippen molar-refractivity contribution in [2.24, 2.45) is 11.8 Å². The Balaban J connectivity index is 2.35. The van der Waals surface area contributed by atoms with Gasteiger partial charge in [0.2, 0.25) is 0 Å². The fraction of sp³-hybridized carbons (Fsp3) is 0.667. The van der Waals surface area contributed by atoms with Crippen molar-refractivity contribution in [3.63, 3.8) is 0 Å². The third-order valence-corrected chi connectivity index (χ3v) is 2.98. The van der Waals surface area contributed by atoms with Crippen LogP contribution < -0.4 is 5.32 Å². The average molecular weight is 254 g/mol. The second kappa shape index (κ2) is 7.00. The highest BCUT2D eigenvalue weighted by Gasteiger charge is 2.15. The lowest BCUT2D eigenvalue weighted by Crippen LogP contribution is -2.41. The lowest BCUT2D eigenvalue weighted by Gasteiger charge is -2.21. The van der Waals surface area contributed by atoms with Gasteiger partial charge in [0.25, 0.3) is 0 Å². The van der Waals surface area contributed by atoms with E-state index in [0.717, 1.165) is 5.82 Å². The number of hydrogen-bond acceptors (Lipinski definition) is 3. The number of nitrogens with zero attached hydrogens (tertiary/aromatic N) is 2. The Bertz CT molecular complexity index is 351. The molecule has 1 atom stereocenters. The molecule has 3 N–H and O–H groups in total. The molecule has 1 aromatic rings. The molecule has 2 amide bonds. The number of H-pyrrole nitrogens is 1. The number of aliphatic hydroxyl groups excluding tert-OH is 1. The van der Waals surface area contributed by atoms with Crippen LogP contribution in [0.1, 0.15) is 19.7 Å². The maximum atomic E-state index is 11.8. The summed E-state index contributed by atoms with van der Waals surface area (Å²) in [5, 5.41) is 12.0. The molecular weight excluding hydrogens is 232 g/mol. The van der Waals surface area contributed by atoms with Gasteiger partial charge in [-0.2, -0.15) is 0 Å². The van der Waals surface area contributed by atoms with Crippen LogP contribution >= 0.6 is 0 Å². The molecule has 1 rings (SSSR count). The molecule has 1 heterocycles.